The molecule has 1 aliphatic rings. The van der Waals surface area contributed by atoms with Crippen molar-refractivity contribution >= 4 is 23.2 Å². The Morgan fingerprint density at radius 1 is 1.21 bits per heavy atom. The minimum atomic E-state index is -0.330. The highest BCUT2D eigenvalue weighted by atomic mass is 16.5. The number of hydrogen-bond acceptors (Lipinski definition) is 4. The Balaban J connectivity index is 2.24. The fourth-order valence-corrected chi connectivity index (χ4v) is 2.73. The summed E-state index contributed by atoms with van der Waals surface area (Å²) >= 11 is 0. The van der Waals surface area contributed by atoms with E-state index < -0.39 is 0 Å². The van der Waals surface area contributed by atoms with E-state index in [1.165, 1.54) is 11.8 Å². The Bertz CT molecular complexity index is 589. The molecule has 132 valence electrons. The minimum Gasteiger partial charge on any atom is -0.378 e. The molecule has 1 N–H and O–H groups in total. The van der Waals surface area contributed by atoms with Crippen LogP contribution in [0, 0.1) is 0 Å². The van der Waals surface area contributed by atoms with Crippen LogP contribution in [0.5, 0.6) is 0 Å². The normalized spacial score (nSPS) is 15.1. The molecule has 24 heavy (non-hydrogen) atoms. The van der Waals surface area contributed by atoms with Crippen LogP contribution in [-0.2, 0) is 14.3 Å². The van der Waals surface area contributed by atoms with Crippen molar-refractivity contribution in [3.63, 3.8) is 0 Å². The summed E-state index contributed by atoms with van der Waals surface area (Å²) in [5.74, 6) is -0.325. The molecule has 0 saturated carbocycles. The molecule has 0 spiro atoms. The predicted octanol–water partition coefficient (Wildman–Crippen LogP) is 1.79. The lowest BCUT2D eigenvalue weighted by molar-refractivity contribution is -0.124. The zero-order valence-corrected chi connectivity index (χ0v) is 15.0. The van der Waals surface area contributed by atoms with Crippen molar-refractivity contribution in [1.82, 2.24) is 5.32 Å². The Morgan fingerprint density at radius 2 is 1.83 bits per heavy atom. The molecule has 1 aromatic carbocycles. The topological polar surface area (TPSA) is 61.9 Å². The summed E-state index contributed by atoms with van der Waals surface area (Å²) in [4.78, 5) is 28.2. The lowest BCUT2D eigenvalue weighted by Crippen LogP contribution is -2.47. The van der Waals surface area contributed by atoms with Gasteiger partial charge in [-0.3, -0.25) is 9.59 Å². The van der Waals surface area contributed by atoms with Crippen LogP contribution < -0.4 is 15.1 Å². The molecule has 1 fully saturated rings. The highest BCUT2D eigenvalue weighted by Gasteiger charge is 2.23. The van der Waals surface area contributed by atoms with E-state index in [0.29, 0.717) is 13.2 Å². The largest absolute Gasteiger partial charge is 0.378 e. The first-order valence-corrected chi connectivity index (χ1v) is 8.29. The summed E-state index contributed by atoms with van der Waals surface area (Å²) in [6.45, 7) is 10.1. The number of nitrogens with zero attached hydrogens (tertiary/aromatic N) is 2. The van der Waals surface area contributed by atoms with Gasteiger partial charge in [0.1, 0.15) is 6.54 Å². The number of amides is 2. The molecule has 0 radical (unpaired) electrons. The Labute approximate surface area is 143 Å². The Morgan fingerprint density at radius 3 is 2.42 bits per heavy atom. The van der Waals surface area contributed by atoms with E-state index in [1.54, 1.807) is 0 Å². The molecular formula is C18H27N3O3. The quantitative estimate of drug-likeness (QED) is 0.912. The Kier molecular flexibility index (Phi) is 5.83. The number of rotatable bonds is 4. The van der Waals surface area contributed by atoms with E-state index in [9.17, 15) is 9.59 Å². The highest BCUT2D eigenvalue weighted by Crippen LogP contribution is 2.30. The van der Waals surface area contributed by atoms with E-state index in [4.69, 9.17) is 4.74 Å². The molecule has 2 amide bonds. The smallest absolute Gasteiger partial charge is 0.240 e. The average Bonchev–Trinajstić information content (AvgIpc) is 2.51. The molecule has 1 heterocycles. The van der Waals surface area contributed by atoms with Crippen molar-refractivity contribution < 1.29 is 14.3 Å². The van der Waals surface area contributed by atoms with Crippen LogP contribution in [0.15, 0.2) is 24.3 Å². The molecule has 0 aliphatic carbocycles. The van der Waals surface area contributed by atoms with Crippen LogP contribution in [0.4, 0.5) is 11.4 Å². The minimum absolute atomic E-state index is 0.00789. The summed E-state index contributed by atoms with van der Waals surface area (Å²) < 4.78 is 5.40. The number of morpholine rings is 1. The molecule has 0 unspecified atom stereocenters. The van der Waals surface area contributed by atoms with Gasteiger partial charge < -0.3 is 19.9 Å². The number of hydrogen-bond donors (Lipinski definition) is 1. The molecule has 0 aromatic heterocycles. The molecule has 0 bridgehead atoms. The number of anilines is 2. The van der Waals surface area contributed by atoms with Crippen LogP contribution in [0.3, 0.4) is 0 Å². The van der Waals surface area contributed by atoms with Crippen LogP contribution in [-0.4, -0.2) is 50.2 Å². The van der Waals surface area contributed by atoms with Gasteiger partial charge in [0.25, 0.3) is 0 Å². The molecule has 6 heteroatoms. The van der Waals surface area contributed by atoms with Gasteiger partial charge in [-0.25, -0.2) is 0 Å². The van der Waals surface area contributed by atoms with E-state index in [1.807, 2.05) is 45.0 Å². The fourth-order valence-electron chi connectivity index (χ4n) is 2.73. The number of carbonyl (C=O) groups is 2. The van der Waals surface area contributed by atoms with Gasteiger partial charge in [0.2, 0.25) is 11.8 Å². The standard InChI is InChI=1S/C18H27N3O3/c1-14(22)21(13-17(23)19-18(2,3)4)16-8-6-5-7-15(16)20-9-11-24-12-10-20/h5-8H,9-13H2,1-4H3,(H,19,23). The van der Waals surface area contributed by atoms with Gasteiger partial charge in [-0.1, -0.05) is 12.1 Å². The van der Waals surface area contributed by atoms with Crippen LogP contribution in [0.1, 0.15) is 27.7 Å². The van der Waals surface area contributed by atoms with Crippen molar-refractivity contribution in [2.75, 3.05) is 42.6 Å². The molecule has 1 saturated heterocycles. The third kappa shape index (κ3) is 4.96. The third-order valence-corrected chi connectivity index (χ3v) is 3.72. The fraction of sp³-hybridized carbons (Fsp3) is 0.556. The average molecular weight is 333 g/mol. The summed E-state index contributed by atoms with van der Waals surface area (Å²) in [5.41, 5.74) is 1.39. The van der Waals surface area contributed by atoms with Crippen LogP contribution in [0.25, 0.3) is 0 Å². The van der Waals surface area contributed by atoms with Crippen molar-refractivity contribution in [3.8, 4) is 0 Å². The Hall–Kier alpha value is -2.08. The monoisotopic (exact) mass is 333 g/mol. The van der Waals surface area contributed by atoms with Gasteiger partial charge in [0.05, 0.1) is 24.6 Å². The van der Waals surface area contributed by atoms with Crippen molar-refractivity contribution in [3.05, 3.63) is 24.3 Å². The first-order valence-electron chi connectivity index (χ1n) is 8.29. The van der Waals surface area contributed by atoms with Crippen molar-refractivity contribution in [2.24, 2.45) is 0 Å². The zero-order chi connectivity index (χ0) is 17.7. The molecular weight excluding hydrogens is 306 g/mol. The summed E-state index contributed by atoms with van der Waals surface area (Å²) in [5, 5.41) is 2.91. The van der Waals surface area contributed by atoms with Gasteiger partial charge in [0, 0.05) is 25.6 Å². The summed E-state index contributed by atoms with van der Waals surface area (Å²) in [7, 11) is 0. The maximum Gasteiger partial charge on any atom is 0.240 e. The van der Waals surface area contributed by atoms with E-state index in [-0.39, 0.29) is 23.9 Å². The highest BCUT2D eigenvalue weighted by molar-refractivity contribution is 6.00. The number of para-hydroxylation sites is 2. The second-order valence-corrected chi connectivity index (χ2v) is 6.99. The molecule has 6 nitrogen and oxygen atoms in total. The van der Waals surface area contributed by atoms with Gasteiger partial charge in [-0.05, 0) is 32.9 Å². The van der Waals surface area contributed by atoms with Crippen molar-refractivity contribution in [2.45, 2.75) is 33.2 Å². The maximum absolute atomic E-state index is 12.3. The van der Waals surface area contributed by atoms with E-state index in [0.717, 1.165) is 24.5 Å². The molecule has 2 rings (SSSR count). The van der Waals surface area contributed by atoms with Gasteiger partial charge in [-0.2, -0.15) is 0 Å². The van der Waals surface area contributed by atoms with Crippen molar-refractivity contribution in [1.29, 1.82) is 0 Å². The number of ether oxygens (including phenoxy) is 1. The molecule has 0 atom stereocenters. The van der Waals surface area contributed by atoms with Gasteiger partial charge in [0.15, 0.2) is 0 Å². The predicted molar refractivity (Wildman–Crippen MR) is 95.4 cm³/mol. The second kappa shape index (κ2) is 7.66. The first kappa shape index (κ1) is 18.3. The van der Waals surface area contributed by atoms with Gasteiger partial charge in [-0.15, -0.1) is 0 Å². The van der Waals surface area contributed by atoms with E-state index >= 15 is 0 Å². The SMILES string of the molecule is CC(=O)N(CC(=O)NC(C)(C)C)c1ccccc1N1CCOCC1. The van der Waals surface area contributed by atoms with Crippen LogP contribution in [0.2, 0.25) is 0 Å². The second-order valence-electron chi connectivity index (χ2n) is 6.99. The van der Waals surface area contributed by atoms with Crippen LogP contribution >= 0.6 is 0 Å². The first-order chi connectivity index (χ1) is 11.3. The lowest BCUT2D eigenvalue weighted by Gasteiger charge is -2.33. The molecule has 1 aromatic rings. The molecule has 1 aliphatic heterocycles. The summed E-state index contributed by atoms with van der Waals surface area (Å²) in [6.07, 6.45) is 0. The third-order valence-electron chi connectivity index (χ3n) is 3.72. The van der Waals surface area contributed by atoms with Gasteiger partial charge >= 0.3 is 0 Å². The maximum atomic E-state index is 12.3. The lowest BCUT2D eigenvalue weighted by atomic mass is 10.1. The zero-order valence-electron chi connectivity index (χ0n) is 15.0. The number of benzene rings is 1. The number of nitrogens with one attached hydrogen (secondary N) is 1. The summed E-state index contributed by atoms with van der Waals surface area (Å²) in [6, 6.07) is 7.70. The van der Waals surface area contributed by atoms with E-state index in [2.05, 4.69) is 10.2 Å². The number of carbonyl (C=O) groups excluding carboxylic acids is 2.